The van der Waals surface area contributed by atoms with Crippen LogP contribution in [-0.2, 0) is 4.79 Å². The summed E-state index contributed by atoms with van der Waals surface area (Å²) >= 11 is 0. The quantitative estimate of drug-likeness (QED) is 0.732. The van der Waals surface area contributed by atoms with Gasteiger partial charge in [-0.15, -0.1) is 0 Å². The lowest BCUT2D eigenvalue weighted by molar-refractivity contribution is -0.117. The number of rotatable bonds is 5. The summed E-state index contributed by atoms with van der Waals surface area (Å²) in [4.78, 5) is 16.2. The van der Waals surface area contributed by atoms with Gasteiger partial charge in [0.1, 0.15) is 23.8 Å². The number of aromatic nitrogens is 2. The average Bonchev–Trinajstić information content (AvgIpc) is 3.25. The molecule has 3 rings (SSSR count). The van der Waals surface area contributed by atoms with Gasteiger partial charge in [-0.3, -0.25) is 9.78 Å². The Bertz CT molecular complexity index is 700. The third-order valence-corrected chi connectivity index (χ3v) is 2.96. The molecule has 3 aromatic heterocycles. The zero-order valence-electron chi connectivity index (χ0n) is 11.5. The fourth-order valence-electron chi connectivity index (χ4n) is 1.94. The third-order valence-electron chi connectivity index (χ3n) is 2.96. The number of hydrogen-bond donors (Lipinski definition) is 1. The van der Waals surface area contributed by atoms with Crippen LogP contribution in [0.4, 0.5) is 0 Å². The summed E-state index contributed by atoms with van der Waals surface area (Å²) in [5.74, 6) is 0.295. The number of carbonyl (C=O) groups excluding carboxylic acids is 1. The normalized spacial score (nSPS) is 12.4. The molecule has 0 saturated heterocycles. The lowest BCUT2D eigenvalue weighted by Gasteiger charge is -2.12. The van der Waals surface area contributed by atoms with Crippen molar-refractivity contribution in [3.05, 3.63) is 78.3 Å². The molecular weight excluding hydrogens is 282 g/mol. The standard InChI is InChI=1S/C16H13N3O3/c20-15(7-6-12-4-1-2-9-17-12)18-16(13-8-11-22-19-13)14-5-3-10-21-14/h1-11,16H,(H,18,20). The molecule has 3 heterocycles. The molecule has 6 heteroatoms. The monoisotopic (exact) mass is 295 g/mol. The highest BCUT2D eigenvalue weighted by molar-refractivity contribution is 5.91. The number of carbonyl (C=O) groups is 1. The topological polar surface area (TPSA) is 81.2 Å². The Kier molecular flexibility index (Phi) is 4.10. The largest absolute Gasteiger partial charge is 0.467 e. The van der Waals surface area contributed by atoms with Crippen molar-refractivity contribution in [1.82, 2.24) is 15.5 Å². The van der Waals surface area contributed by atoms with Gasteiger partial charge in [-0.25, -0.2) is 0 Å². The van der Waals surface area contributed by atoms with E-state index in [9.17, 15) is 4.79 Å². The number of nitrogens with zero attached hydrogens (tertiary/aromatic N) is 2. The molecule has 0 aliphatic heterocycles. The molecule has 0 bridgehead atoms. The SMILES string of the molecule is O=C(C=Cc1ccccn1)NC(c1ccon1)c1ccco1. The summed E-state index contributed by atoms with van der Waals surface area (Å²) in [7, 11) is 0. The maximum atomic E-state index is 12.1. The Labute approximate surface area is 126 Å². The predicted octanol–water partition coefficient (Wildman–Crippen LogP) is 2.58. The second-order valence-electron chi connectivity index (χ2n) is 4.47. The maximum Gasteiger partial charge on any atom is 0.244 e. The molecule has 0 fully saturated rings. The zero-order valence-corrected chi connectivity index (χ0v) is 11.5. The first-order chi connectivity index (χ1) is 10.8. The second-order valence-corrected chi connectivity index (χ2v) is 4.47. The zero-order chi connectivity index (χ0) is 15.2. The average molecular weight is 295 g/mol. The number of furan rings is 1. The van der Waals surface area contributed by atoms with E-state index in [1.807, 2.05) is 18.2 Å². The van der Waals surface area contributed by atoms with E-state index in [1.165, 1.54) is 18.6 Å². The molecule has 0 radical (unpaired) electrons. The first-order valence-corrected chi connectivity index (χ1v) is 6.66. The van der Waals surface area contributed by atoms with Crippen LogP contribution < -0.4 is 5.32 Å². The van der Waals surface area contributed by atoms with E-state index in [1.54, 1.807) is 30.5 Å². The van der Waals surface area contributed by atoms with E-state index in [0.29, 0.717) is 17.1 Å². The van der Waals surface area contributed by atoms with Gasteiger partial charge in [-0.2, -0.15) is 0 Å². The van der Waals surface area contributed by atoms with Gasteiger partial charge in [0.25, 0.3) is 0 Å². The van der Waals surface area contributed by atoms with E-state index in [-0.39, 0.29) is 5.91 Å². The molecule has 1 unspecified atom stereocenters. The molecule has 1 N–H and O–H groups in total. The Morgan fingerprint density at radius 2 is 2.14 bits per heavy atom. The summed E-state index contributed by atoms with van der Waals surface area (Å²) in [5, 5.41) is 6.68. The van der Waals surface area contributed by atoms with Gasteiger partial charge in [-0.05, 0) is 30.3 Å². The van der Waals surface area contributed by atoms with E-state index < -0.39 is 6.04 Å². The second kappa shape index (κ2) is 6.53. The minimum absolute atomic E-state index is 0.282. The van der Waals surface area contributed by atoms with Crippen LogP contribution in [0.5, 0.6) is 0 Å². The van der Waals surface area contributed by atoms with E-state index in [0.717, 1.165) is 0 Å². The molecule has 0 aliphatic carbocycles. The minimum atomic E-state index is -0.505. The van der Waals surface area contributed by atoms with Crippen molar-refractivity contribution < 1.29 is 13.7 Å². The smallest absolute Gasteiger partial charge is 0.244 e. The molecule has 0 saturated carbocycles. The fourth-order valence-corrected chi connectivity index (χ4v) is 1.94. The Morgan fingerprint density at radius 1 is 1.18 bits per heavy atom. The van der Waals surface area contributed by atoms with Crippen LogP contribution in [0.3, 0.4) is 0 Å². The highest BCUT2D eigenvalue weighted by Gasteiger charge is 2.21. The lowest BCUT2D eigenvalue weighted by Crippen LogP contribution is -2.27. The maximum absolute atomic E-state index is 12.1. The molecule has 110 valence electrons. The van der Waals surface area contributed by atoms with Gasteiger partial charge in [0, 0.05) is 18.3 Å². The van der Waals surface area contributed by atoms with Crippen molar-refractivity contribution in [1.29, 1.82) is 0 Å². The highest BCUT2D eigenvalue weighted by Crippen LogP contribution is 2.20. The van der Waals surface area contributed by atoms with Gasteiger partial charge >= 0.3 is 0 Å². The van der Waals surface area contributed by atoms with Crippen LogP contribution in [0.25, 0.3) is 6.08 Å². The van der Waals surface area contributed by atoms with Crippen molar-refractivity contribution in [3.63, 3.8) is 0 Å². The van der Waals surface area contributed by atoms with Crippen LogP contribution in [0.2, 0.25) is 0 Å². The number of nitrogens with one attached hydrogen (secondary N) is 1. The number of amides is 1. The Morgan fingerprint density at radius 3 is 2.82 bits per heavy atom. The van der Waals surface area contributed by atoms with E-state index >= 15 is 0 Å². The van der Waals surface area contributed by atoms with Crippen LogP contribution in [-0.4, -0.2) is 16.0 Å². The molecule has 0 spiro atoms. The number of hydrogen-bond acceptors (Lipinski definition) is 5. The van der Waals surface area contributed by atoms with Gasteiger partial charge in [0.15, 0.2) is 0 Å². The van der Waals surface area contributed by atoms with Crippen molar-refractivity contribution in [3.8, 4) is 0 Å². The molecule has 22 heavy (non-hydrogen) atoms. The van der Waals surface area contributed by atoms with Gasteiger partial charge < -0.3 is 14.3 Å². The molecule has 6 nitrogen and oxygen atoms in total. The molecule has 1 amide bonds. The van der Waals surface area contributed by atoms with Crippen molar-refractivity contribution in [2.24, 2.45) is 0 Å². The van der Waals surface area contributed by atoms with Crippen LogP contribution in [0, 0.1) is 0 Å². The van der Waals surface area contributed by atoms with Gasteiger partial charge in [0.2, 0.25) is 5.91 Å². The first kappa shape index (κ1) is 13.8. The molecule has 0 aromatic carbocycles. The van der Waals surface area contributed by atoms with Crippen molar-refractivity contribution in [2.45, 2.75) is 6.04 Å². The Balaban J connectivity index is 1.74. The van der Waals surface area contributed by atoms with E-state index in [2.05, 4.69) is 15.5 Å². The molecule has 0 aliphatic rings. The Hall–Kier alpha value is -3.15. The van der Waals surface area contributed by atoms with Crippen LogP contribution >= 0.6 is 0 Å². The van der Waals surface area contributed by atoms with Crippen LogP contribution in [0.1, 0.15) is 23.2 Å². The minimum Gasteiger partial charge on any atom is -0.467 e. The lowest BCUT2D eigenvalue weighted by atomic mass is 10.1. The summed E-state index contributed by atoms with van der Waals surface area (Å²) in [6.07, 6.45) is 7.70. The van der Waals surface area contributed by atoms with E-state index in [4.69, 9.17) is 8.94 Å². The molecule has 1 atom stereocenters. The summed E-state index contributed by atoms with van der Waals surface area (Å²) in [6.45, 7) is 0. The third kappa shape index (κ3) is 3.29. The van der Waals surface area contributed by atoms with Crippen molar-refractivity contribution >= 4 is 12.0 Å². The van der Waals surface area contributed by atoms with Crippen LogP contribution in [0.15, 0.2) is 70.1 Å². The highest BCUT2D eigenvalue weighted by atomic mass is 16.5. The number of pyridine rings is 1. The van der Waals surface area contributed by atoms with Gasteiger partial charge in [-0.1, -0.05) is 11.2 Å². The molecule has 3 aromatic rings. The first-order valence-electron chi connectivity index (χ1n) is 6.66. The fraction of sp³-hybridized carbons (Fsp3) is 0.0625. The molecular formula is C16H13N3O3. The summed E-state index contributed by atoms with van der Waals surface area (Å²) in [5.41, 5.74) is 1.27. The van der Waals surface area contributed by atoms with Crippen molar-refractivity contribution in [2.75, 3.05) is 0 Å². The van der Waals surface area contributed by atoms with Gasteiger partial charge in [0.05, 0.1) is 12.0 Å². The summed E-state index contributed by atoms with van der Waals surface area (Å²) < 4.78 is 10.2. The summed E-state index contributed by atoms with van der Waals surface area (Å²) in [6, 6.07) is 10.2. The predicted molar refractivity (Wildman–Crippen MR) is 78.5 cm³/mol.